The Balaban J connectivity index is 2.26. The monoisotopic (exact) mass is 458 g/mol. The Kier molecular flexibility index (Phi) is 8.40. The molecule has 0 radical (unpaired) electrons. The highest BCUT2D eigenvalue weighted by Crippen LogP contribution is 2.32. The Labute approximate surface area is 171 Å². The summed E-state index contributed by atoms with van der Waals surface area (Å²) < 4.78 is 27.5. The molecular weight excluding hydrogens is 436 g/mol. The van der Waals surface area contributed by atoms with Crippen LogP contribution in [0.15, 0.2) is 30.3 Å². The summed E-state index contributed by atoms with van der Waals surface area (Å²) in [6, 6.07) is 9.37. The molecule has 1 aromatic rings. The van der Waals surface area contributed by atoms with Crippen molar-refractivity contribution in [2.24, 2.45) is 0 Å². The average molecular weight is 459 g/mol. The summed E-state index contributed by atoms with van der Waals surface area (Å²) in [7, 11) is 0. The van der Waals surface area contributed by atoms with E-state index >= 15 is 0 Å². The third-order valence-corrected chi connectivity index (χ3v) is 4.65. The molecule has 8 nitrogen and oxygen atoms in total. The molecule has 0 aliphatic carbocycles. The highest BCUT2D eigenvalue weighted by Gasteiger charge is 2.50. The van der Waals surface area contributed by atoms with Crippen molar-refractivity contribution in [1.82, 2.24) is 0 Å². The van der Waals surface area contributed by atoms with E-state index in [1.54, 1.807) is 0 Å². The first-order valence-electron chi connectivity index (χ1n) is 8.70. The first-order valence-corrected chi connectivity index (χ1v) is 9.62. The van der Waals surface area contributed by atoms with Gasteiger partial charge in [-0.15, -0.1) is 0 Å². The van der Waals surface area contributed by atoms with Crippen molar-refractivity contribution in [2.75, 3.05) is 6.61 Å². The summed E-state index contributed by atoms with van der Waals surface area (Å²) in [6.07, 6.45) is -3.46. The van der Waals surface area contributed by atoms with E-state index in [0.717, 1.165) is 5.56 Å². The standard InChI is InChI=1S/C19H23BrO8/c1-11(21)24-10-15-16(26-12(2)22)17(18(19(20)28-15)27-13(3)23)25-9-14-7-5-4-6-8-14/h4-8,15-19H,9-10H2,1-3H3/t15-,16-,17+,18-,19+/m1/s1. The van der Waals surface area contributed by atoms with Crippen LogP contribution in [0.4, 0.5) is 0 Å². The van der Waals surface area contributed by atoms with Crippen LogP contribution in [0, 0.1) is 0 Å². The predicted molar refractivity (Wildman–Crippen MR) is 100 cm³/mol. The van der Waals surface area contributed by atoms with Crippen molar-refractivity contribution < 1.29 is 38.1 Å². The molecule has 0 bridgehead atoms. The number of alkyl halides is 1. The van der Waals surface area contributed by atoms with Crippen LogP contribution in [0.2, 0.25) is 0 Å². The quantitative estimate of drug-likeness (QED) is 0.348. The normalized spacial score (nSPS) is 26.9. The van der Waals surface area contributed by atoms with E-state index in [9.17, 15) is 14.4 Å². The van der Waals surface area contributed by atoms with Crippen LogP contribution >= 0.6 is 15.9 Å². The van der Waals surface area contributed by atoms with Crippen LogP contribution in [0.25, 0.3) is 0 Å². The Morgan fingerprint density at radius 2 is 1.54 bits per heavy atom. The second-order valence-electron chi connectivity index (χ2n) is 6.24. The number of rotatable bonds is 7. The number of ether oxygens (including phenoxy) is 5. The first-order chi connectivity index (χ1) is 13.3. The van der Waals surface area contributed by atoms with Crippen LogP contribution in [0.1, 0.15) is 26.3 Å². The van der Waals surface area contributed by atoms with Crippen molar-refractivity contribution >= 4 is 33.8 Å². The van der Waals surface area contributed by atoms with Gasteiger partial charge in [-0.2, -0.15) is 0 Å². The zero-order valence-corrected chi connectivity index (χ0v) is 17.4. The molecule has 0 unspecified atom stereocenters. The molecule has 1 heterocycles. The predicted octanol–water partition coefficient (Wildman–Crippen LogP) is 2.12. The summed E-state index contributed by atoms with van der Waals surface area (Å²) in [6.45, 7) is 3.83. The maximum absolute atomic E-state index is 11.7. The maximum Gasteiger partial charge on any atom is 0.303 e. The number of carbonyl (C=O) groups excluding carboxylic acids is 3. The molecular formula is C19H23BrO8. The van der Waals surface area contributed by atoms with Gasteiger partial charge in [0.25, 0.3) is 0 Å². The van der Waals surface area contributed by atoms with Crippen molar-refractivity contribution in [1.29, 1.82) is 0 Å². The third-order valence-electron chi connectivity index (χ3n) is 3.92. The maximum atomic E-state index is 11.7. The molecule has 1 saturated heterocycles. The van der Waals surface area contributed by atoms with Gasteiger partial charge in [-0.1, -0.05) is 46.3 Å². The van der Waals surface area contributed by atoms with Gasteiger partial charge in [0.2, 0.25) is 0 Å². The van der Waals surface area contributed by atoms with Crippen molar-refractivity contribution in [3.63, 3.8) is 0 Å². The smallest absolute Gasteiger partial charge is 0.303 e. The lowest BCUT2D eigenvalue weighted by molar-refractivity contribution is -0.240. The van der Waals surface area contributed by atoms with Gasteiger partial charge in [0, 0.05) is 20.8 Å². The van der Waals surface area contributed by atoms with E-state index in [4.69, 9.17) is 23.7 Å². The van der Waals surface area contributed by atoms with Crippen LogP contribution in [-0.4, -0.2) is 53.9 Å². The van der Waals surface area contributed by atoms with E-state index in [1.165, 1.54) is 20.8 Å². The second-order valence-corrected chi connectivity index (χ2v) is 7.14. The SMILES string of the molecule is CC(=O)OC[C@H]1O[C@H](Br)[C@H](OC(C)=O)[C@@H](OCc2ccccc2)[C@@H]1OC(C)=O. The Morgan fingerprint density at radius 3 is 2.11 bits per heavy atom. The zero-order valence-electron chi connectivity index (χ0n) is 15.8. The highest BCUT2D eigenvalue weighted by molar-refractivity contribution is 9.09. The first kappa shape index (κ1) is 22.3. The summed E-state index contributed by atoms with van der Waals surface area (Å²) >= 11 is 3.33. The summed E-state index contributed by atoms with van der Waals surface area (Å²) in [5.74, 6) is -1.60. The van der Waals surface area contributed by atoms with Crippen LogP contribution in [-0.2, 0) is 44.7 Å². The molecule has 0 N–H and O–H groups in total. The van der Waals surface area contributed by atoms with Gasteiger partial charge in [-0.05, 0) is 5.56 Å². The van der Waals surface area contributed by atoms with E-state index < -0.39 is 47.3 Å². The molecule has 1 aromatic carbocycles. The number of carbonyl (C=O) groups is 3. The number of hydrogen-bond acceptors (Lipinski definition) is 8. The van der Waals surface area contributed by atoms with E-state index in [-0.39, 0.29) is 13.2 Å². The van der Waals surface area contributed by atoms with Crippen molar-refractivity contribution in [3.8, 4) is 0 Å². The van der Waals surface area contributed by atoms with Crippen molar-refractivity contribution in [3.05, 3.63) is 35.9 Å². The highest BCUT2D eigenvalue weighted by atomic mass is 79.9. The lowest BCUT2D eigenvalue weighted by Crippen LogP contribution is -2.60. The molecule has 154 valence electrons. The van der Waals surface area contributed by atoms with Gasteiger partial charge in [-0.25, -0.2) is 0 Å². The molecule has 5 atom stereocenters. The van der Waals surface area contributed by atoms with Crippen LogP contribution < -0.4 is 0 Å². The average Bonchev–Trinajstić information content (AvgIpc) is 2.62. The second kappa shape index (κ2) is 10.5. The minimum Gasteiger partial charge on any atom is -0.463 e. The van der Waals surface area contributed by atoms with Gasteiger partial charge < -0.3 is 23.7 Å². The minimum atomic E-state index is -0.946. The summed E-state index contributed by atoms with van der Waals surface area (Å²) in [5, 5.41) is -0.746. The fourth-order valence-corrected chi connectivity index (χ4v) is 3.49. The topological polar surface area (TPSA) is 97.4 Å². The molecule has 1 aliphatic heterocycles. The Bertz CT molecular complexity index is 680. The van der Waals surface area contributed by atoms with Gasteiger partial charge in [0.15, 0.2) is 17.2 Å². The Hall–Kier alpha value is -1.97. The Morgan fingerprint density at radius 1 is 0.929 bits per heavy atom. The summed E-state index contributed by atoms with van der Waals surface area (Å²) in [5.41, 5.74) is 0.889. The number of hydrogen-bond donors (Lipinski definition) is 0. The fraction of sp³-hybridized carbons (Fsp3) is 0.526. The molecule has 2 rings (SSSR count). The largest absolute Gasteiger partial charge is 0.463 e. The fourth-order valence-electron chi connectivity index (χ4n) is 2.81. The van der Waals surface area contributed by atoms with Gasteiger partial charge >= 0.3 is 17.9 Å². The number of benzene rings is 1. The van der Waals surface area contributed by atoms with Crippen LogP contribution in [0.5, 0.6) is 0 Å². The van der Waals surface area contributed by atoms with Crippen LogP contribution in [0.3, 0.4) is 0 Å². The van der Waals surface area contributed by atoms with E-state index in [2.05, 4.69) is 15.9 Å². The molecule has 9 heteroatoms. The molecule has 1 aliphatic rings. The van der Waals surface area contributed by atoms with Crippen molar-refractivity contribution in [2.45, 2.75) is 56.8 Å². The number of halogens is 1. The molecule has 0 amide bonds. The van der Waals surface area contributed by atoms with E-state index in [0.29, 0.717) is 0 Å². The molecule has 0 spiro atoms. The van der Waals surface area contributed by atoms with Gasteiger partial charge in [-0.3, -0.25) is 14.4 Å². The number of esters is 3. The zero-order chi connectivity index (χ0) is 20.7. The lowest BCUT2D eigenvalue weighted by atomic mass is 9.99. The van der Waals surface area contributed by atoms with Gasteiger partial charge in [0.1, 0.15) is 18.8 Å². The minimum absolute atomic E-state index is 0.145. The lowest BCUT2D eigenvalue weighted by Gasteiger charge is -2.43. The van der Waals surface area contributed by atoms with E-state index in [1.807, 2.05) is 30.3 Å². The summed E-state index contributed by atoms with van der Waals surface area (Å²) in [4.78, 5) is 34.4. The van der Waals surface area contributed by atoms with Gasteiger partial charge in [0.05, 0.1) is 6.61 Å². The molecule has 1 fully saturated rings. The molecule has 0 saturated carbocycles. The molecule has 0 aromatic heterocycles. The molecule has 28 heavy (non-hydrogen) atoms. The third kappa shape index (κ3) is 6.57.